The number of esters is 1. The molecule has 0 bridgehead atoms. The Morgan fingerprint density at radius 1 is 1.50 bits per heavy atom. The van der Waals surface area contributed by atoms with Gasteiger partial charge in [-0.2, -0.15) is 0 Å². The molecule has 0 saturated heterocycles. The first-order valence-electron chi connectivity index (χ1n) is 4.52. The quantitative estimate of drug-likeness (QED) is 0.769. The predicted octanol–water partition coefficient (Wildman–Crippen LogP) is 1.34. The Balaban J connectivity index is 3.16. The third-order valence-corrected chi connectivity index (χ3v) is 4.99. The molecule has 0 saturated carbocycles. The molecule has 1 atom stereocenters. The highest BCUT2D eigenvalue weighted by atomic mass is 32.2. The number of hydrogen-bond donors (Lipinski definition) is 0. The Hall–Kier alpha value is -0.950. The van der Waals surface area contributed by atoms with Crippen LogP contribution in [0.15, 0.2) is 0 Å². The van der Waals surface area contributed by atoms with Gasteiger partial charge in [-0.1, -0.05) is 0 Å². The minimum Gasteiger partial charge on any atom is -0.464 e. The van der Waals surface area contributed by atoms with Gasteiger partial charge in [0, 0.05) is 11.1 Å². The van der Waals surface area contributed by atoms with Crippen LogP contribution in [-0.2, 0) is 14.6 Å². The molecule has 1 rings (SSSR count). The minimum absolute atomic E-state index is 0.193. The summed E-state index contributed by atoms with van der Waals surface area (Å²) in [6.07, 6.45) is 1.15. The molecule has 90 valence electrons. The Bertz CT molecular complexity index is 504. The number of rotatable bonds is 3. The van der Waals surface area contributed by atoms with E-state index in [9.17, 15) is 13.2 Å². The summed E-state index contributed by atoms with van der Waals surface area (Å²) in [5.74, 6) is -0.541. The van der Waals surface area contributed by atoms with E-state index in [1.807, 2.05) is 0 Å². The summed E-state index contributed by atoms with van der Waals surface area (Å²) in [4.78, 5) is 16.0. The molecule has 0 aliphatic carbocycles. The molecule has 0 radical (unpaired) electrons. The van der Waals surface area contributed by atoms with E-state index < -0.39 is 21.1 Å². The van der Waals surface area contributed by atoms with E-state index in [-0.39, 0.29) is 5.69 Å². The van der Waals surface area contributed by atoms with Crippen molar-refractivity contribution in [3.63, 3.8) is 0 Å². The standard InChI is InChI=1S/C9H13NO4S2/c1-5-7(9(11)14-3)10-8(15-5)6(2)16(4,12)13/h6H,1-4H3. The van der Waals surface area contributed by atoms with Crippen molar-refractivity contribution in [1.29, 1.82) is 0 Å². The van der Waals surface area contributed by atoms with Crippen LogP contribution in [-0.4, -0.2) is 32.7 Å². The van der Waals surface area contributed by atoms with Crippen LogP contribution in [0.5, 0.6) is 0 Å². The molecule has 0 aliphatic rings. The summed E-state index contributed by atoms with van der Waals surface area (Å²) in [5.41, 5.74) is 0.193. The molecule has 0 aromatic carbocycles. The molecule has 5 nitrogen and oxygen atoms in total. The molecule has 0 fully saturated rings. The average Bonchev–Trinajstić information content (AvgIpc) is 2.56. The van der Waals surface area contributed by atoms with E-state index in [1.165, 1.54) is 18.4 Å². The predicted molar refractivity (Wildman–Crippen MR) is 61.4 cm³/mol. The number of ether oxygens (including phenoxy) is 1. The van der Waals surface area contributed by atoms with Crippen molar-refractivity contribution in [1.82, 2.24) is 4.98 Å². The highest BCUT2D eigenvalue weighted by Gasteiger charge is 2.24. The lowest BCUT2D eigenvalue weighted by atomic mass is 10.4. The number of aryl methyl sites for hydroxylation is 1. The van der Waals surface area contributed by atoms with Crippen molar-refractivity contribution in [2.24, 2.45) is 0 Å². The minimum atomic E-state index is -3.20. The van der Waals surface area contributed by atoms with Crippen LogP contribution in [0.3, 0.4) is 0 Å². The second-order valence-corrected chi connectivity index (χ2v) is 7.02. The molecule has 7 heteroatoms. The first-order valence-corrected chi connectivity index (χ1v) is 7.29. The molecule has 1 unspecified atom stereocenters. The molecule has 16 heavy (non-hydrogen) atoms. The molecule has 1 aromatic rings. The number of hydrogen-bond acceptors (Lipinski definition) is 6. The van der Waals surface area contributed by atoms with Gasteiger partial charge in [-0.15, -0.1) is 11.3 Å². The summed E-state index contributed by atoms with van der Waals surface area (Å²) in [6.45, 7) is 3.26. The number of nitrogens with zero attached hydrogens (tertiary/aromatic N) is 1. The van der Waals surface area contributed by atoms with Gasteiger partial charge in [0.2, 0.25) is 0 Å². The molecule has 1 heterocycles. The van der Waals surface area contributed by atoms with E-state index >= 15 is 0 Å². The summed E-state index contributed by atoms with van der Waals surface area (Å²) in [5, 5.41) is -0.282. The van der Waals surface area contributed by atoms with Gasteiger partial charge in [0.1, 0.15) is 10.3 Å². The van der Waals surface area contributed by atoms with Crippen LogP contribution in [0, 0.1) is 6.92 Å². The van der Waals surface area contributed by atoms with Crippen molar-refractivity contribution in [2.75, 3.05) is 13.4 Å². The topological polar surface area (TPSA) is 73.3 Å². The van der Waals surface area contributed by atoms with E-state index in [1.54, 1.807) is 13.8 Å². The van der Waals surface area contributed by atoms with Crippen molar-refractivity contribution in [2.45, 2.75) is 19.1 Å². The van der Waals surface area contributed by atoms with Crippen molar-refractivity contribution in [3.05, 3.63) is 15.6 Å². The molecular formula is C9H13NO4S2. The first-order chi connectivity index (χ1) is 7.27. The van der Waals surface area contributed by atoms with Gasteiger partial charge in [0.15, 0.2) is 15.5 Å². The van der Waals surface area contributed by atoms with Crippen LogP contribution >= 0.6 is 11.3 Å². The monoisotopic (exact) mass is 263 g/mol. The van der Waals surface area contributed by atoms with Crippen LogP contribution < -0.4 is 0 Å². The third kappa shape index (κ3) is 2.59. The fraction of sp³-hybridized carbons (Fsp3) is 0.556. The molecule has 0 N–H and O–H groups in total. The van der Waals surface area contributed by atoms with Gasteiger partial charge in [0.25, 0.3) is 0 Å². The molecule has 1 aromatic heterocycles. The van der Waals surface area contributed by atoms with E-state index in [4.69, 9.17) is 0 Å². The highest BCUT2D eigenvalue weighted by Crippen LogP contribution is 2.28. The van der Waals surface area contributed by atoms with Gasteiger partial charge in [-0.05, 0) is 13.8 Å². The maximum Gasteiger partial charge on any atom is 0.357 e. The van der Waals surface area contributed by atoms with Crippen molar-refractivity contribution >= 4 is 27.1 Å². The van der Waals surface area contributed by atoms with Crippen molar-refractivity contribution < 1.29 is 17.9 Å². The number of thiazole rings is 1. The van der Waals surface area contributed by atoms with Gasteiger partial charge in [-0.25, -0.2) is 18.2 Å². The van der Waals surface area contributed by atoms with E-state index in [0.29, 0.717) is 9.88 Å². The Morgan fingerprint density at radius 2 is 2.06 bits per heavy atom. The lowest BCUT2D eigenvalue weighted by Gasteiger charge is -2.03. The van der Waals surface area contributed by atoms with E-state index in [2.05, 4.69) is 9.72 Å². The Morgan fingerprint density at radius 3 is 2.50 bits per heavy atom. The number of carbonyl (C=O) groups excluding carboxylic acids is 1. The van der Waals surface area contributed by atoms with Gasteiger partial charge in [0.05, 0.1) is 7.11 Å². The molecule has 0 amide bonds. The maximum atomic E-state index is 11.3. The summed E-state index contributed by atoms with van der Waals surface area (Å²) in [7, 11) is -1.93. The molecular weight excluding hydrogens is 250 g/mol. The summed E-state index contributed by atoms with van der Waals surface area (Å²) >= 11 is 1.20. The smallest absolute Gasteiger partial charge is 0.357 e. The van der Waals surface area contributed by atoms with Gasteiger partial charge in [-0.3, -0.25) is 0 Å². The number of aromatic nitrogens is 1. The third-order valence-electron chi connectivity index (χ3n) is 2.18. The molecule has 0 spiro atoms. The zero-order chi connectivity index (χ0) is 12.5. The summed E-state index contributed by atoms with van der Waals surface area (Å²) in [6, 6.07) is 0. The largest absolute Gasteiger partial charge is 0.464 e. The second kappa shape index (κ2) is 4.50. The zero-order valence-corrected chi connectivity index (χ0v) is 11.1. The second-order valence-electron chi connectivity index (χ2n) is 3.42. The SMILES string of the molecule is COC(=O)c1nc(C(C)S(C)(=O)=O)sc1C. The van der Waals surface area contributed by atoms with Crippen molar-refractivity contribution in [3.8, 4) is 0 Å². The molecule has 0 aliphatic heterocycles. The fourth-order valence-electron chi connectivity index (χ4n) is 1.06. The average molecular weight is 263 g/mol. The maximum absolute atomic E-state index is 11.3. The van der Waals surface area contributed by atoms with Crippen LogP contribution in [0.4, 0.5) is 0 Å². The number of sulfone groups is 1. The zero-order valence-electron chi connectivity index (χ0n) is 9.47. The highest BCUT2D eigenvalue weighted by molar-refractivity contribution is 7.91. The van der Waals surface area contributed by atoms with Gasteiger partial charge < -0.3 is 4.74 Å². The lowest BCUT2D eigenvalue weighted by Crippen LogP contribution is -2.08. The number of carbonyl (C=O) groups is 1. The Kier molecular flexibility index (Phi) is 3.69. The van der Waals surface area contributed by atoms with Crippen LogP contribution in [0.2, 0.25) is 0 Å². The lowest BCUT2D eigenvalue weighted by molar-refractivity contribution is 0.0594. The number of methoxy groups -OCH3 is 1. The fourth-order valence-corrected chi connectivity index (χ4v) is 2.99. The Labute approximate surface area is 98.4 Å². The normalized spacial score (nSPS) is 13.5. The van der Waals surface area contributed by atoms with Crippen LogP contribution in [0.1, 0.15) is 32.5 Å². The van der Waals surface area contributed by atoms with Crippen LogP contribution in [0.25, 0.3) is 0 Å². The van der Waals surface area contributed by atoms with Gasteiger partial charge >= 0.3 is 5.97 Å². The first kappa shape index (κ1) is 13.1. The summed E-state index contributed by atoms with van der Waals surface area (Å²) < 4.78 is 27.2. The van der Waals surface area contributed by atoms with E-state index in [0.717, 1.165) is 6.26 Å².